The summed E-state index contributed by atoms with van der Waals surface area (Å²) in [5.74, 6) is -0.380. The Bertz CT molecular complexity index is 1340. The predicted octanol–water partition coefficient (Wildman–Crippen LogP) is 8.01. The van der Waals surface area contributed by atoms with Gasteiger partial charge in [0.15, 0.2) is 0 Å². The molecule has 3 aromatic rings. The van der Waals surface area contributed by atoms with E-state index in [1.807, 2.05) is 43.1 Å². The number of nitrogens with zero attached hydrogens (tertiary/aromatic N) is 3. The van der Waals surface area contributed by atoms with Gasteiger partial charge in [-0.2, -0.15) is 10.2 Å². The van der Waals surface area contributed by atoms with Gasteiger partial charge < -0.3 is 20.7 Å². The van der Waals surface area contributed by atoms with Crippen molar-refractivity contribution in [2.45, 2.75) is 48.5 Å². The molecule has 0 aliphatic rings. The van der Waals surface area contributed by atoms with E-state index in [1.54, 1.807) is 48.5 Å². The highest BCUT2D eigenvalue weighted by atomic mass is 16.5. The average Bonchev–Trinajstić information content (AvgIpc) is 2.91. The van der Waals surface area contributed by atoms with Crippen LogP contribution in [-0.2, 0) is 9.53 Å². The fourth-order valence-electron chi connectivity index (χ4n) is 4.62. The van der Waals surface area contributed by atoms with Crippen LogP contribution in [0.25, 0.3) is 0 Å². The number of ether oxygens (including phenoxy) is 1. The van der Waals surface area contributed by atoms with Crippen molar-refractivity contribution in [3.63, 3.8) is 0 Å². The zero-order valence-corrected chi connectivity index (χ0v) is 25.5. The van der Waals surface area contributed by atoms with Crippen LogP contribution in [0, 0.1) is 16.2 Å². The van der Waals surface area contributed by atoms with Gasteiger partial charge >= 0.3 is 5.97 Å². The van der Waals surface area contributed by atoms with Crippen LogP contribution < -0.4 is 16.0 Å². The number of likely N-dealkylation sites (N-methyl/N-ethyl adjacent to an activating group) is 1. The zero-order chi connectivity index (χ0) is 30.4. The highest BCUT2D eigenvalue weighted by Crippen LogP contribution is 2.52. The largest absolute Gasteiger partial charge is 0.463 e. The molecular weight excluding hydrogens is 514 g/mol. The average molecular weight is 558 g/mol. The second kappa shape index (κ2) is 12.5. The molecule has 0 bridgehead atoms. The fraction of sp³-hybridized carbons (Fsp3) is 0.394. The summed E-state index contributed by atoms with van der Waals surface area (Å²) in [6.07, 6.45) is 0. The van der Waals surface area contributed by atoms with Gasteiger partial charge in [-0.1, -0.05) is 41.5 Å². The van der Waals surface area contributed by atoms with E-state index in [-0.39, 0.29) is 22.7 Å². The maximum atomic E-state index is 13.2. The van der Waals surface area contributed by atoms with E-state index < -0.39 is 5.41 Å². The van der Waals surface area contributed by atoms with Gasteiger partial charge in [-0.3, -0.25) is 9.59 Å². The lowest BCUT2D eigenvalue weighted by molar-refractivity contribution is -0.172. The van der Waals surface area contributed by atoms with Crippen LogP contribution in [0.15, 0.2) is 83.0 Å². The van der Waals surface area contributed by atoms with Gasteiger partial charge in [0.2, 0.25) is 0 Å². The smallest absolute Gasteiger partial charge is 0.312 e. The van der Waals surface area contributed by atoms with E-state index in [0.717, 1.165) is 5.69 Å². The number of amides is 1. The Morgan fingerprint density at radius 2 is 1.27 bits per heavy atom. The Balaban J connectivity index is 1.52. The molecule has 8 nitrogen and oxygen atoms in total. The summed E-state index contributed by atoms with van der Waals surface area (Å²) >= 11 is 0. The lowest BCUT2D eigenvalue weighted by Gasteiger charge is -2.48. The first-order valence-electron chi connectivity index (χ1n) is 13.8. The summed E-state index contributed by atoms with van der Waals surface area (Å²) in [7, 11) is 1.96. The second-order valence-corrected chi connectivity index (χ2v) is 12.5. The molecule has 3 aromatic carbocycles. The molecule has 0 unspecified atom stereocenters. The van der Waals surface area contributed by atoms with E-state index in [2.05, 4.69) is 57.1 Å². The van der Waals surface area contributed by atoms with Crippen molar-refractivity contribution in [1.29, 1.82) is 0 Å². The van der Waals surface area contributed by atoms with Gasteiger partial charge in [-0.05, 0) is 90.6 Å². The molecule has 0 spiro atoms. The van der Waals surface area contributed by atoms with Gasteiger partial charge in [0.1, 0.15) is 6.61 Å². The van der Waals surface area contributed by atoms with Crippen LogP contribution in [0.4, 0.5) is 28.4 Å². The summed E-state index contributed by atoms with van der Waals surface area (Å²) in [5.41, 5.74) is 8.72. The lowest BCUT2D eigenvalue weighted by Crippen LogP contribution is -2.51. The minimum Gasteiger partial charge on any atom is -0.463 e. The molecule has 1 amide bonds. The third-order valence-corrected chi connectivity index (χ3v) is 7.94. The van der Waals surface area contributed by atoms with Crippen molar-refractivity contribution in [2.24, 2.45) is 26.5 Å². The number of hydrogen-bond donors (Lipinski definition) is 2. The lowest BCUT2D eigenvalue weighted by atomic mass is 9.55. The molecule has 3 rings (SSSR count). The van der Waals surface area contributed by atoms with Crippen molar-refractivity contribution < 1.29 is 14.3 Å². The number of rotatable bonds is 9. The molecule has 0 aliphatic heterocycles. The van der Waals surface area contributed by atoms with Gasteiger partial charge in [0.05, 0.1) is 23.3 Å². The topological polar surface area (TPSA) is 109 Å². The number of carbonyl (C=O) groups is 2. The van der Waals surface area contributed by atoms with Crippen LogP contribution in [0.5, 0.6) is 0 Å². The molecule has 0 aromatic heterocycles. The molecule has 0 aliphatic carbocycles. The fourth-order valence-corrected chi connectivity index (χ4v) is 4.62. The van der Waals surface area contributed by atoms with Gasteiger partial charge in [-0.25, -0.2) is 0 Å². The van der Waals surface area contributed by atoms with Crippen molar-refractivity contribution in [3.8, 4) is 0 Å². The van der Waals surface area contributed by atoms with Crippen LogP contribution in [0.2, 0.25) is 0 Å². The Morgan fingerprint density at radius 3 is 1.76 bits per heavy atom. The van der Waals surface area contributed by atoms with E-state index in [9.17, 15) is 9.59 Å². The summed E-state index contributed by atoms with van der Waals surface area (Å²) in [6, 6.07) is 21.6. The second-order valence-electron chi connectivity index (χ2n) is 12.5. The molecule has 0 heterocycles. The van der Waals surface area contributed by atoms with Crippen molar-refractivity contribution >= 4 is 40.3 Å². The SMILES string of the molecule is CN(CCOC(=O)C(C)(C(C)(C)C)C(C)(C)C)c1ccc(N=Nc2ccc(NC(=O)c3ccc(N)cc3)cc2)cc1. The maximum absolute atomic E-state index is 13.2. The third-order valence-electron chi connectivity index (χ3n) is 7.94. The van der Waals surface area contributed by atoms with Crippen molar-refractivity contribution in [2.75, 3.05) is 36.1 Å². The first kappa shape index (κ1) is 31.3. The molecule has 3 N–H and O–H groups in total. The number of nitrogens with one attached hydrogen (secondary N) is 1. The van der Waals surface area contributed by atoms with Gasteiger partial charge in [0, 0.05) is 29.7 Å². The molecule has 8 heteroatoms. The van der Waals surface area contributed by atoms with E-state index in [4.69, 9.17) is 10.5 Å². The first-order valence-corrected chi connectivity index (χ1v) is 13.8. The molecule has 0 fully saturated rings. The summed E-state index contributed by atoms with van der Waals surface area (Å²) < 4.78 is 5.78. The van der Waals surface area contributed by atoms with Crippen molar-refractivity contribution in [3.05, 3.63) is 78.4 Å². The quantitative estimate of drug-likeness (QED) is 0.157. The summed E-state index contributed by atoms with van der Waals surface area (Å²) in [5, 5.41) is 11.5. The van der Waals surface area contributed by atoms with E-state index in [1.165, 1.54) is 0 Å². The Hall–Kier alpha value is -4.20. The monoisotopic (exact) mass is 557 g/mol. The zero-order valence-electron chi connectivity index (χ0n) is 25.5. The molecule has 0 atom stereocenters. The number of hydrogen-bond acceptors (Lipinski definition) is 7. The number of nitrogens with two attached hydrogens (primary N) is 1. The Kier molecular flexibility index (Phi) is 9.58. The molecule has 218 valence electrons. The highest BCUT2D eigenvalue weighted by Gasteiger charge is 2.53. The maximum Gasteiger partial charge on any atom is 0.312 e. The first-order chi connectivity index (χ1) is 19.1. The van der Waals surface area contributed by atoms with Crippen molar-refractivity contribution in [1.82, 2.24) is 0 Å². The van der Waals surface area contributed by atoms with Gasteiger partial charge in [0.25, 0.3) is 5.91 Å². The van der Waals surface area contributed by atoms with Crippen LogP contribution in [0.3, 0.4) is 0 Å². The Labute approximate surface area is 244 Å². The number of esters is 1. The number of anilines is 3. The van der Waals surface area contributed by atoms with Crippen LogP contribution in [-0.4, -0.2) is 32.1 Å². The molecule has 0 saturated heterocycles. The van der Waals surface area contributed by atoms with E-state index in [0.29, 0.717) is 41.5 Å². The van der Waals surface area contributed by atoms with Crippen LogP contribution >= 0.6 is 0 Å². The minimum atomic E-state index is -0.628. The standard InChI is InChI=1S/C33H43N5O3/c1-31(2,3)33(7,32(4,5)6)30(40)41-22-21-38(8)28-19-17-27(18-20-28)37-36-26-15-13-25(14-16-26)35-29(39)23-9-11-24(34)12-10-23/h9-20H,21-22,34H2,1-8H3,(H,35,39). The molecule has 0 radical (unpaired) electrons. The summed E-state index contributed by atoms with van der Waals surface area (Å²) in [4.78, 5) is 27.6. The van der Waals surface area contributed by atoms with Gasteiger partial charge in [-0.15, -0.1) is 0 Å². The number of azo groups is 1. The van der Waals surface area contributed by atoms with E-state index >= 15 is 0 Å². The molecule has 0 saturated carbocycles. The number of carbonyl (C=O) groups excluding carboxylic acids is 2. The number of benzene rings is 3. The third kappa shape index (κ3) is 7.72. The summed E-state index contributed by atoms with van der Waals surface area (Å²) in [6.45, 7) is 15.4. The molecule has 41 heavy (non-hydrogen) atoms. The molecular formula is C33H43N5O3. The van der Waals surface area contributed by atoms with Crippen LogP contribution in [0.1, 0.15) is 58.8 Å². The highest BCUT2D eigenvalue weighted by molar-refractivity contribution is 6.04. The predicted molar refractivity (Wildman–Crippen MR) is 167 cm³/mol. The Morgan fingerprint density at radius 1 is 0.780 bits per heavy atom. The normalized spacial score (nSPS) is 12.3. The minimum absolute atomic E-state index is 0.168. The number of nitrogen functional groups attached to an aromatic ring is 1.